The molecule has 0 heterocycles. The van der Waals surface area contributed by atoms with Crippen LogP contribution in [0.1, 0.15) is 5.56 Å². The quantitative estimate of drug-likeness (QED) is 0.613. The van der Waals surface area contributed by atoms with E-state index < -0.39 is 10.0 Å². The first kappa shape index (κ1) is 17.8. The van der Waals surface area contributed by atoms with Gasteiger partial charge in [0, 0.05) is 10.0 Å². The Hall–Kier alpha value is -2.01. The number of benzene rings is 3. The zero-order chi connectivity index (χ0) is 18.0. The summed E-state index contributed by atoms with van der Waals surface area (Å²) < 4.78 is 27.6. The van der Waals surface area contributed by atoms with Crippen molar-refractivity contribution in [3.8, 4) is 11.1 Å². The van der Waals surface area contributed by atoms with Gasteiger partial charge < -0.3 is 0 Å². The smallest absolute Gasteiger partial charge is 0.261 e. The van der Waals surface area contributed by atoms with E-state index in [0.717, 1.165) is 11.1 Å². The van der Waals surface area contributed by atoms with Crippen LogP contribution in [0.5, 0.6) is 0 Å². The molecule has 3 nitrogen and oxygen atoms in total. The fourth-order valence-corrected chi connectivity index (χ4v) is 3.90. The van der Waals surface area contributed by atoms with Crippen molar-refractivity contribution in [2.45, 2.75) is 11.8 Å². The van der Waals surface area contributed by atoms with E-state index in [-0.39, 0.29) is 4.90 Å². The van der Waals surface area contributed by atoms with Crippen LogP contribution in [-0.2, 0) is 10.0 Å². The average molecular weight is 392 g/mol. The highest BCUT2D eigenvalue weighted by Crippen LogP contribution is 2.29. The van der Waals surface area contributed by atoms with Crippen LogP contribution in [0.4, 0.5) is 5.69 Å². The normalized spacial score (nSPS) is 11.3. The first-order valence-corrected chi connectivity index (χ1v) is 9.75. The Morgan fingerprint density at radius 1 is 0.800 bits per heavy atom. The highest BCUT2D eigenvalue weighted by Gasteiger charge is 2.15. The molecule has 0 aliphatic heterocycles. The molecular weight excluding hydrogens is 377 g/mol. The van der Waals surface area contributed by atoms with Crippen molar-refractivity contribution >= 4 is 38.9 Å². The van der Waals surface area contributed by atoms with Crippen LogP contribution in [-0.4, -0.2) is 8.42 Å². The number of sulfonamides is 1. The minimum absolute atomic E-state index is 0.167. The summed E-state index contributed by atoms with van der Waals surface area (Å²) in [6.45, 7) is 1.77. The fraction of sp³-hybridized carbons (Fsp3) is 0.0526. The number of halogens is 2. The molecule has 6 heteroatoms. The number of rotatable bonds is 4. The molecule has 3 aromatic carbocycles. The highest BCUT2D eigenvalue weighted by atomic mass is 35.5. The Morgan fingerprint density at radius 3 is 1.88 bits per heavy atom. The van der Waals surface area contributed by atoms with Gasteiger partial charge in [-0.15, -0.1) is 0 Å². The van der Waals surface area contributed by atoms with Gasteiger partial charge in [-0.25, -0.2) is 8.42 Å². The zero-order valence-electron chi connectivity index (χ0n) is 13.3. The molecule has 0 radical (unpaired) electrons. The molecule has 128 valence electrons. The van der Waals surface area contributed by atoms with Gasteiger partial charge >= 0.3 is 0 Å². The zero-order valence-corrected chi connectivity index (χ0v) is 15.7. The van der Waals surface area contributed by atoms with E-state index >= 15 is 0 Å². The van der Waals surface area contributed by atoms with Crippen LogP contribution in [0.3, 0.4) is 0 Å². The van der Waals surface area contributed by atoms with Gasteiger partial charge in [0.2, 0.25) is 0 Å². The summed E-state index contributed by atoms with van der Waals surface area (Å²) >= 11 is 12.1. The molecule has 0 saturated heterocycles. The second-order valence-electron chi connectivity index (χ2n) is 5.56. The van der Waals surface area contributed by atoms with Crippen molar-refractivity contribution < 1.29 is 8.42 Å². The Balaban J connectivity index is 1.88. The van der Waals surface area contributed by atoms with Crippen molar-refractivity contribution in [1.29, 1.82) is 0 Å². The van der Waals surface area contributed by atoms with Crippen LogP contribution in [0.15, 0.2) is 71.6 Å². The number of anilines is 1. The fourth-order valence-electron chi connectivity index (χ4n) is 2.38. The standard InChI is InChI=1S/C19H15Cl2NO2S/c1-13-18(20)11-16(12-19(13)21)22-25(23,24)17-9-7-15(8-10-17)14-5-3-2-4-6-14/h2-12,22H,1H3. The van der Waals surface area contributed by atoms with Crippen molar-refractivity contribution in [1.82, 2.24) is 0 Å². The van der Waals surface area contributed by atoms with Gasteiger partial charge in [0.15, 0.2) is 0 Å². The van der Waals surface area contributed by atoms with E-state index in [2.05, 4.69) is 4.72 Å². The maximum atomic E-state index is 12.6. The Morgan fingerprint density at radius 2 is 1.32 bits per heavy atom. The van der Waals surface area contributed by atoms with Crippen molar-refractivity contribution in [3.05, 3.63) is 82.3 Å². The predicted molar refractivity (Wildman–Crippen MR) is 104 cm³/mol. The van der Waals surface area contributed by atoms with Gasteiger partial charge in [0.1, 0.15) is 0 Å². The molecule has 3 rings (SSSR count). The second kappa shape index (κ2) is 7.08. The van der Waals surface area contributed by atoms with E-state index in [1.165, 1.54) is 0 Å². The van der Waals surface area contributed by atoms with Crippen molar-refractivity contribution in [2.24, 2.45) is 0 Å². The number of hydrogen-bond acceptors (Lipinski definition) is 2. The van der Waals surface area contributed by atoms with Gasteiger partial charge in [-0.05, 0) is 47.9 Å². The molecule has 1 N–H and O–H groups in total. The van der Waals surface area contributed by atoms with Crippen LogP contribution in [0.25, 0.3) is 11.1 Å². The van der Waals surface area contributed by atoms with Crippen LogP contribution in [0.2, 0.25) is 10.0 Å². The lowest BCUT2D eigenvalue weighted by Crippen LogP contribution is -2.13. The number of hydrogen-bond donors (Lipinski definition) is 1. The lowest BCUT2D eigenvalue weighted by Gasteiger charge is -2.11. The molecule has 0 amide bonds. The van der Waals surface area contributed by atoms with E-state index in [0.29, 0.717) is 21.3 Å². The first-order chi connectivity index (χ1) is 11.9. The van der Waals surface area contributed by atoms with Crippen LogP contribution >= 0.6 is 23.2 Å². The predicted octanol–water partition coefficient (Wildman–Crippen LogP) is 5.77. The Bertz CT molecular complexity index is 978. The van der Waals surface area contributed by atoms with E-state index in [4.69, 9.17) is 23.2 Å². The largest absolute Gasteiger partial charge is 0.280 e. The molecular formula is C19H15Cl2NO2S. The lowest BCUT2D eigenvalue weighted by molar-refractivity contribution is 0.601. The van der Waals surface area contributed by atoms with E-state index in [1.807, 2.05) is 30.3 Å². The third-order valence-electron chi connectivity index (χ3n) is 3.80. The minimum Gasteiger partial charge on any atom is -0.280 e. The topological polar surface area (TPSA) is 46.2 Å². The van der Waals surface area contributed by atoms with Crippen LogP contribution < -0.4 is 4.72 Å². The molecule has 0 atom stereocenters. The summed E-state index contributed by atoms with van der Waals surface area (Å²) in [5.41, 5.74) is 3.00. The molecule has 0 bridgehead atoms. The summed E-state index contributed by atoms with van der Waals surface area (Å²) in [6.07, 6.45) is 0. The van der Waals surface area contributed by atoms with Crippen LogP contribution in [0, 0.1) is 6.92 Å². The summed E-state index contributed by atoms with van der Waals surface area (Å²) in [5, 5.41) is 0.814. The second-order valence-corrected chi connectivity index (χ2v) is 8.06. The Labute approximate surface area is 157 Å². The van der Waals surface area contributed by atoms with Gasteiger partial charge in [0.05, 0.1) is 10.6 Å². The average Bonchev–Trinajstić information content (AvgIpc) is 2.60. The maximum Gasteiger partial charge on any atom is 0.261 e. The molecule has 0 unspecified atom stereocenters. The summed E-state index contributed by atoms with van der Waals surface area (Å²) in [7, 11) is -3.73. The Kier molecular flexibility index (Phi) is 5.04. The SMILES string of the molecule is Cc1c(Cl)cc(NS(=O)(=O)c2ccc(-c3ccccc3)cc2)cc1Cl. The molecule has 0 aliphatic rings. The monoisotopic (exact) mass is 391 g/mol. The third-order valence-corrected chi connectivity index (χ3v) is 5.99. The first-order valence-electron chi connectivity index (χ1n) is 7.51. The summed E-state index contributed by atoms with van der Waals surface area (Å²) in [4.78, 5) is 0.167. The molecule has 3 aromatic rings. The van der Waals surface area contributed by atoms with Crippen molar-refractivity contribution in [3.63, 3.8) is 0 Å². The highest BCUT2D eigenvalue weighted by molar-refractivity contribution is 7.92. The molecule has 0 aromatic heterocycles. The molecule has 0 spiro atoms. The molecule has 0 aliphatic carbocycles. The van der Waals surface area contributed by atoms with E-state index in [1.54, 1.807) is 43.3 Å². The number of nitrogens with one attached hydrogen (secondary N) is 1. The molecule has 0 fully saturated rings. The maximum absolute atomic E-state index is 12.6. The van der Waals surface area contributed by atoms with Gasteiger partial charge in [0.25, 0.3) is 10.0 Å². The molecule has 25 heavy (non-hydrogen) atoms. The lowest BCUT2D eigenvalue weighted by atomic mass is 10.1. The third kappa shape index (κ3) is 3.98. The van der Waals surface area contributed by atoms with Gasteiger partial charge in [-0.1, -0.05) is 65.7 Å². The summed E-state index contributed by atoms with van der Waals surface area (Å²) in [5.74, 6) is 0. The van der Waals surface area contributed by atoms with E-state index in [9.17, 15) is 8.42 Å². The van der Waals surface area contributed by atoms with Crippen molar-refractivity contribution in [2.75, 3.05) is 4.72 Å². The minimum atomic E-state index is -3.73. The molecule has 0 saturated carbocycles. The van der Waals surface area contributed by atoms with Gasteiger partial charge in [-0.2, -0.15) is 0 Å². The van der Waals surface area contributed by atoms with Gasteiger partial charge in [-0.3, -0.25) is 4.72 Å². The summed E-state index contributed by atoms with van der Waals surface area (Å²) in [6, 6.07) is 19.5.